The minimum absolute atomic E-state index is 0.00647. The van der Waals surface area contributed by atoms with Gasteiger partial charge in [0, 0.05) is 47.7 Å². The predicted molar refractivity (Wildman–Crippen MR) is 189 cm³/mol. The van der Waals surface area contributed by atoms with Crippen molar-refractivity contribution < 1.29 is 24.9 Å². The summed E-state index contributed by atoms with van der Waals surface area (Å²) in [6.45, 7) is 9.56. The van der Waals surface area contributed by atoms with Gasteiger partial charge in [-0.15, -0.1) is 0 Å². The number of fused-ring (bicyclic) bond motifs is 1. The van der Waals surface area contributed by atoms with Gasteiger partial charge in [-0.1, -0.05) is 47.5 Å². The summed E-state index contributed by atoms with van der Waals surface area (Å²) in [5, 5.41) is 41.3. The molecule has 1 aliphatic heterocycles. The van der Waals surface area contributed by atoms with Gasteiger partial charge in [-0.2, -0.15) is 0 Å². The fraction of sp³-hybridized carbons (Fsp3) is 0.471. The summed E-state index contributed by atoms with van der Waals surface area (Å²) in [6.07, 6.45) is -3.25. The molecule has 3 heterocycles. The van der Waals surface area contributed by atoms with Gasteiger partial charge in [0.1, 0.15) is 18.3 Å². The highest BCUT2D eigenvalue weighted by molar-refractivity contribution is 6.30. The van der Waals surface area contributed by atoms with E-state index in [0.717, 1.165) is 11.1 Å². The van der Waals surface area contributed by atoms with E-state index in [1.807, 2.05) is 48.5 Å². The van der Waals surface area contributed by atoms with Crippen LogP contribution in [0, 0.1) is 0 Å². The van der Waals surface area contributed by atoms with Crippen LogP contribution in [0.25, 0.3) is 11.2 Å². The summed E-state index contributed by atoms with van der Waals surface area (Å²) >= 11 is 12.4. The number of aromatic nitrogens is 4. The lowest BCUT2D eigenvalue weighted by molar-refractivity contribution is -0.0511. The van der Waals surface area contributed by atoms with Crippen molar-refractivity contribution in [3.05, 3.63) is 81.9 Å². The number of anilines is 1. The highest BCUT2D eigenvalue weighted by Gasteiger charge is 2.44. The van der Waals surface area contributed by atoms with Crippen LogP contribution in [0.1, 0.15) is 56.8 Å². The van der Waals surface area contributed by atoms with Crippen LogP contribution in [-0.2, 0) is 11.3 Å². The molecule has 15 heteroatoms. The van der Waals surface area contributed by atoms with Crippen molar-refractivity contribution in [2.45, 2.75) is 76.8 Å². The molecule has 2 aromatic carbocycles. The minimum Gasteiger partial charge on any atom is -0.394 e. The molecule has 0 unspecified atom stereocenters. The molecule has 5 rings (SSSR count). The lowest BCUT2D eigenvalue weighted by Gasteiger charge is -2.30. The monoisotopic (exact) mass is 714 g/mol. The van der Waals surface area contributed by atoms with Crippen molar-refractivity contribution in [3.63, 3.8) is 0 Å². The average Bonchev–Trinajstić information content (AvgIpc) is 3.62. The number of carbonyl (C=O) groups excluding carboxylic acids is 1. The first kappa shape index (κ1) is 36.7. The second-order valence-corrected chi connectivity index (χ2v) is 13.5. The van der Waals surface area contributed by atoms with Crippen LogP contribution in [0.3, 0.4) is 0 Å². The maximum Gasteiger partial charge on any atom is 0.315 e. The van der Waals surface area contributed by atoms with Gasteiger partial charge in [-0.25, -0.2) is 19.7 Å². The molecule has 49 heavy (non-hydrogen) atoms. The molecule has 0 saturated carbocycles. The summed E-state index contributed by atoms with van der Waals surface area (Å²) in [4.78, 5) is 29.0. The quantitative estimate of drug-likeness (QED) is 0.113. The fourth-order valence-electron chi connectivity index (χ4n) is 6.11. The largest absolute Gasteiger partial charge is 0.394 e. The lowest BCUT2D eigenvalue weighted by atomic mass is 9.91. The van der Waals surface area contributed by atoms with E-state index >= 15 is 0 Å². The van der Waals surface area contributed by atoms with Crippen LogP contribution >= 0.6 is 23.2 Å². The standard InChI is InChI=1S/C34H44Cl2N8O5/c1-19(2)43(20(3)4)14-13-37-34(48)39-16-27-41-31(28-32(42-27)44(18-40-28)33-30(47)29(46)26(17-45)49-33)38-15-25(21-5-9-23(35)10-6-21)22-7-11-24(36)12-8-22/h5-12,18-20,25-26,29-30,33,45-47H,13-17H2,1-4H3,(H2,37,39,48)(H,38,41,42)/t26-,29-,30-,33-/m1/s1. The molecule has 1 aliphatic rings. The molecule has 4 atom stereocenters. The second kappa shape index (κ2) is 16.4. The van der Waals surface area contributed by atoms with E-state index in [9.17, 15) is 20.1 Å². The van der Waals surface area contributed by atoms with Gasteiger partial charge in [0.25, 0.3) is 0 Å². The van der Waals surface area contributed by atoms with Crippen molar-refractivity contribution >= 4 is 46.2 Å². The molecule has 0 bridgehead atoms. The van der Waals surface area contributed by atoms with Crippen LogP contribution in [0.15, 0.2) is 54.9 Å². The number of urea groups is 1. The van der Waals surface area contributed by atoms with E-state index in [2.05, 4.69) is 58.5 Å². The zero-order valence-electron chi connectivity index (χ0n) is 27.9. The Bertz CT molecular complexity index is 1640. The van der Waals surface area contributed by atoms with E-state index in [-0.39, 0.29) is 24.3 Å². The van der Waals surface area contributed by atoms with Crippen molar-refractivity contribution in [2.24, 2.45) is 0 Å². The first-order chi connectivity index (χ1) is 23.5. The molecule has 13 nitrogen and oxygen atoms in total. The van der Waals surface area contributed by atoms with E-state index in [0.29, 0.717) is 58.7 Å². The highest BCUT2D eigenvalue weighted by Crippen LogP contribution is 2.33. The first-order valence-electron chi connectivity index (χ1n) is 16.3. The number of rotatable bonds is 14. The molecule has 1 fully saturated rings. The van der Waals surface area contributed by atoms with E-state index < -0.39 is 31.1 Å². The third-order valence-electron chi connectivity index (χ3n) is 8.67. The number of hydrogen-bond donors (Lipinski definition) is 6. The molecular formula is C34H44Cl2N8O5. The highest BCUT2D eigenvalue weighted by atomic mass is 35.5. The number of carbonyl (C=O) groups is 1. The topological polar surface area (TPSA) is 170 Å². The fourth-order valence-corrected chi connectivity index (χ4v) is 6.36. The summed E-state index contributed by atoms with van der Waals surface area (Å²) in [7, 11) is 0. The average molecular weight is 716 g/mol. The Hall–Kier alpha value is -3.56. The number of benzene rings is 2. The Balaban J connectivity index is 1.42. The molecule has 0 aliphatic carbocycles. The van der Waals surface area contributed by atoms with Crippen LogP contribution in [0.5, 0.6) is 0 Å². The van der Waals surface area contributed by atoms with Crippen LogP contribution in [0.4, 0.5) is 10.6 Å². The number of imidazole rings is 1. The Morgan fingerprint density at radius 3 is 2.10 bits per heavy atom. The van der Waals surface area contributed by atoms with Crippen LogP contribution < -0.4 is 16.0 Å². The maximum atomic E-state index is 12.8. The van der Waals surface area contributed by atoms with Gasteiger partial charge < -0.3 is 36.0 Å². The predicted octanol–water partition coefficient (Wildman–Crippen LogP) is 3.91. The lowest BCUT2D eigenvalue weighted by Crippen LogP contribution is -2.44. The summed E-state index contributed by atoms with van der Waals surface area (Å²) in [5.41, 5.74) is 2.71. The molecule has 0 spiro atoms. The van der Waals surface area contributed by atoms with Gasteiger partial charge in [-0.05, 0) is 63.1 Å². The van der Waals surface area contributed by atoms with Crippen molar-refractivity contribution in [1.82, 2.24) is 35.1 Å². The summed E-state index contributed by atoms with van der Waals surface area (Å²) in [6, 6.07) is 15.5. The summed E-state index contributed by atoms with van der Waals surface area (Å²) in [5.74, 6) is 0.537. The number of aliphatic hydroxyl groups is 3. The van der Waals surface area contributed by atoms with E-state index in [1.54, 1.807) is 0 Å². The second-order valence-electron chi connectivity index (χ2n) is 12.6. The number of halogens is 2. The SMILES string of the molecule is CC(C)N(CCNC(=O)NCc1nc(NCC(c2ccc(Cl)cc2)c2ccc(Cl)cc2)c2ncn([C@@H]3O[C@H](CO)[C@@H](O)[C@H]3O)c2n1)C(C)C. The number of aliphatic hydroxyl groups excluding tert-OH is 3. The number of nitrogens with zero attached hydrogens (tertiary/aromatic N) is 5. The van der Waals surface area contributed by atoms with E-state index in [1.165, 1.54) is 10.9 Å². The normalized spacial score (nSPS) is 19.4. The van der Waals surface area contributed by atoms with Gasteiger partial charge in [-0.3, -0.25) is 9.47 Å². The molecule has 1 saturated heterocycles. The molecule has 2 aromatic heterocycles. The third-order valence-corrected chi connectivity index (χ3v) is 9.17. The number of hydrogen-bond acceptors (Lipinski definition) is 10. The van der Waals surface area contributed by atoms with Gasteiger partial charge in [0.15, 0.2) is 29.0 Å². The van der Waals surface area contributed by atoms with Crippen molar-refractivity contribution in [3.8, 4) is 0 Å². The Morgan fingerprint density at radius 1 is 0.939 bits per heavy atom. The third kappa shape index (κ3) is 8.79. The smallest absolute Gasteiger partial charge is 0.315 e. The van der Waals surface area contributed by atoms with Crippen molar-refractivity contribution in [2.75, 3.05) is 31.6 Å². The van der Waals surface area contributed by atoms with Crippen molar-refractivity contribution in [1.29, 1.82) is 0 Å². The van der Waals surface area contributed by atoms with Gasteiger partial charge >= 0.3 is 6.03 Å². The Morgan fingerprint density at radius 2 is 1.55 bits per heavy atom. The molecule has 264 valence electrons. The number of ether oxygens (including phenoxy) is 1. The van der Waals surface area contributed by atoms with Crippen LogP contribution in [0.2, 0.25) is 10.0 Å². The molecule has 4 aromatic rings. The number of nitrogens with one attached hydrogen (secondary N) is 3. The molecular weight excluding hydrogens is 671 g/mol. The first-order valence-corrected chi connectivity index (χ1v) is 17.1. The zero-order chi connectivity index (χ0) is 35.2. The summed E-state index contributed by atoms with van der Waals surface area (Å²) < 4.78 is 7.28. The van der Waals surface area contributed by atoms with E-state index in [4.69, 9.17) is 32.9 Å². The van der Waals surface area contributed by atoms with Crippen LogP contribution in [-0.4, -0.2) is 102 Å². The van der Waals surface area contributed by atoms with Gasteiger partial charge in [0.2, 0.25) is 0 Å². The maximum absolute atomic E-state index is 12.8. The molecule has 6 N–H and O–H groups in total. The minimum atomic E-state index is -1.34. The Kier molecular flexibility index (Phi) is 12.3. The van der Waals surface area contributed by atoms with Gasteiger partial charge in [0.05, 0.1) is 19.5 Å². The number of amides is 2. The zero-order valence-corrected chi connectivity index (χ0v) is 29.4. The Labute approximate surface area is 295 Å². The molecule has 0 radical (unpaired) electrons. The molecule has 2 amide bonds.